The average molecular weight is 1360 g/mol. The summed E-state index contributed by atoms with van der Waals surface area (Å²) in [6.45, 7) is 27.1. The first-order valence-corrected chi connectivity index (χ1v) is 37.2. The van der Waals surface area contributed by atoms with E-state index in [9.17, 15) is 5.48 Å². The van der Waals surface area contributed by atoms with Gasteiger partial charge in [0.05, 0.1) is 45.6 Å². The van der Waals surface area contributed by atoms with Crippen molar-refractivity contribution < 1.29 is 6.85 Å². The van der Waals surface area contributed by atoms with Gasteiger partial charge in [0.15, 0.2) is 0 Å². The zero-order valence-electron chi connectivity index (χ0n) is 66.6. The van der Waals surface area contributed by atoms with Crippen molar-refractivity contribution in [1.82, 2.24) is 13.5 Å². The van der Waals surface area contributed by atoms with Gasteiger partial charge >= 0.3 is 0 Å². The Morgan fingerprint density at radius 2 is 0.800 bits per heavy atom. The van der Waals surface area contributed by atoms with Crippen LogP contribution in [0.15, 0.2) is 285 Å². The molecule has 20 rings (SSSR count). The van der Waals surface area contributed by atoms with Crippen LogP contribution in [0.25, 0.3) is 148 Å². The Morgan fingerprint density at radius 1 is 0.286 bits per heavy atom. The van der Waals surface area contributed by atoms with Crippen molar-refractivity contribution >= 4 is 143 Å². The molecule has 0 aliphatic carbocycles. The van der Waals surface area contributed by atoms with E-state index < -0.39 is 12.8 Å². The van der Waals surface area contributed by atoms with Gasteiger partial charge in [-0.25, -0.2) is 0 Å². The molecule has 18 aromatic rings. The summed E-state index contributed by atoms with van der Waals surface area (Å²) in [4.78, 5) is 2.59. The average Bonchev–Trinajstić information content (AvgIpc) is 1.44. The number of hydrogen-bond acceptors (Lipinski definition) is 1. The van der Waals surface area contributed by atoms with Crippen LogP contribution in [0.5, 0.6) is 0 Å². The Morgan fingerprint density at radius 3 is 1.44 bits per heavy atom. The minimum absolute atomic E-state index is 0.0965. The summed E-state index contributed by atoms with van der Waals surface area (Å²) < 4.78 is 54.9. The number of nitrogens with zero attached hydrogens (tertiary/aromatic N) is 4. The maximum Gasteiger partial charge on any atom is 0.252 e. The summed E-state index contributed by atoms with van der Waals surface area (Å²) in [5, 5.41) is 13.3. The Balaban J connectivity index is 1.00. The van der Waals surface area contributed by atoms with Crippen molar-refractivity contribution in [2.75, 3.05) is 4.90 Å². The molecule has 0 N–H and O–H groups in total. The van der Waals surface area contributed by atoms with Crippen LogP contribution < -0.4 is 21.3 Å². The molecule has 4 aromatic heterocycles. The number of benzene rings is 14. The second-order valence-corrected chi connectivity index (χ2v) is 33.7. The van der Waals surface area contributed by atoms with E-state index in [4.69, 9.17) is 1.37 Å². The molecule has 0 atom stereocenters. The topological polar surface area (TPSA) is 17.5 Å². The monoisotopic (exact) mass is 1360 g/mol. The molecular weight excluding hydrogens is 1270 g/mol. The molecule has 506 valence electrons. The van der Waals surface area contributed by atoms with E-state index in [0.717, 1.165) is 154 Å². The summed E-state index contributed by atoms with van der Waals surface area (Å²) in [7, 11) is 0. The van der Waals surface area contributed by atoms with E-state index >= 15 is 0 Å². The van der Waals surface area contributed by atoms with Gasteiger partial charge < -0.3 is 18.4 Å². The van der Waals surface area contributed by atoms with Crippen molar-refractivity contribution in [2.45, 2.75) is 105 Å². The highest BCUT2D eigenvalue weighted by atomic mass is 15.2. The fourth-order valence-corrected chi connectivity index (χ4v) is 17.8. The quantitative estimate of drug-likeness (QED) is 0.157. The van der Waals surface area contributed by atoms with Crippen LogP contribution in [0.2, 0.25) is 0 Å². The largest absolute Gasteiger partial charge is 0.311 e. The molecule has 0 spiro atoms. The maximum atomic E-state index is 9.86. The van der Waals surface area contributed by atoms with E-state index in [1.807, 2.05) is 0 Å². The molecule has 2 aliphatic heterocycles. The zero-order chi connectivity index (χ0) is 75.8. The van der Waals surface area contributed by atoms with E-state index in [2.05, 4.69) is 356 Å². The van der Waals surface area contributed by atoms with Gasteiger partial charge in [-0.2, -0.15) is 0 Å². The summed E-state index contributed by atoms with van der Waals surface area (Å²) in [5.41, 5.74) is 25.4. The van der Waals surface area contributed by atoms with Crippen LogP contribution in [0.3, 0.4) is 0 Å². The second-order valence-electron chi connectivity index (χ2n) is 33.7. The predicted molar refractivity (Wildman–Crippen MR) is 453 cm³/mol. The Bertz CT molecular complexity index is 7000. The van der Waals surface area contributed by atoms with Crippen LogP contribution in [0.1, 0.15) is 112 Å². The van der Waals surface area contributed by atoms with Gasteiger partial charge in [0.2, 0.25) is 0 Å². The molecule has 0 amide bonds. The fourth-order valence-electron chi connectivity index (χ4n) is 17.8. The minimum Gasteiger partial charge on any atom is -0.311 e. The lowest BCUT2D eigenvalue weighted by Gasteiger charge is -2.41. The van der Waals surface area contributed by atoms with Crippen molar-refractivity contribution in [3.8, 4) is 44.8 Å². The van der Waals surface area contributed by atoms with E-state index in [0.29, 0.717) is 5.56 Å². The van der Waals surface area contributed by atoms with Crippen LogP contribution >= 0.6 is 0 Å². The van der Waals surface area contributed by atoms with Gasteiger partial charge in [0, 0.05) is 71.4 Å². The van der Waals surface area contributed by atoms with Gasteiger partial charge in [-0.05, 0) is 194 Å². The normalized spacial score (nSPS) is 14.0. The van der Waals surface area contributed by atoms with E-state index in [1.165, 1.54) is 38.4 Å². The molecule has 0 unspecified atom stereocenters. The van der Waals surface area contributed by atoms with Crippen molar-refractivity contribution in [1.29, 1.82) is 0 Å². The van der Waals surface area contributed by atoms with Crippen LogP contribution in [0, 0.1) is 0 Å². The standard InChI is InChI=1S/C100H83BN4/c1-97(2,3)66-41-47-86-79(56-66)80-57-67(98(4,5)6)42-48-87(80)102(86)71-45-49-88-81(58-71)82-52-65(61-28-17-14-18-29-61)53-84-95(82)105(88)91-59-90-92(78-36-25-35-77-75-33-22-20-31-73(75)72-30-19-21-32-74(72)76-34-23-24-37-85(76)104(90)94(77)78)96-93(91)101(84)83-46-40-63(64-50-68(99(7,8)9)55-69(51-64)100(10,11)12)54-89(83)103(96)70-43-38-62(39-44-70)60-26-15-13-16-27-60/h13-59H,1-12H3/i14D,17D,18D,28D,29D. The molecule has 105 heavy (non-hydrogen) atoms. The summed E-state index contributed by atoms with van der Waals surface area (Å²) in [6.07, 6.45) is 0. The highest BCUT2D eigenvalue weighted by molar-refractivity contribution is 7.00. The molecule has 0 bridgehead atoms. The van der Waals surface area contributed by atoms with Crippen LogP contribution in [-0.4, -0.2) is 20.2 Å². The zero-order valence-corrected chi connectivity index (χ0v) is 61.6. The third-order valence-electron chi connectivity index (χ3n) is 23.2. The lowest BCUT2D eigenvalue weighted by Crippen LogP contribution is -2.60. The SMILES string of the molecule is [2H]c1c([2H])c([2H])c(-c2cc3c4c(c2)c2cc(-n5c6ccc(C(C)(C)C)cc6c6cc(C(C)(C)C)ccc65)ccc2n4-c2cc4c(c5c2B3c2ccc(-c3cc(C(C)(C)C)cc(C(C)(C)C)c3)cc2N5c2ccc(-c3ccccc3)cc2)c2cccc3c5ccccc5c5ccccc5c5ccccc5n4c32)c([2H])c1[2H]. The smallest absolute Gasteiger partial charge is 0.252 e. The third kappa shape index (κ3) is 9.52. The Hall–Kier alpha value is -11.7. The molecule has 2 aliphatic rings. The van der Waals surface area contributed by atoms with Gasteiger partial charge in [-0.15, -0.1) is 0 Å². The van der Waals surface area contributed by atoms with E-state index in [1.54, 1.807) is 0 Å². The number of anilines is 3. The predicted octanol–water partition coefficient (Wildman–Crippen LogP) is 25.3. The molecule has 0 saturated carbocycles. The molecule has 6 heterocycles. The minimum atomic E-state index is -0.477. The van der Waals surface area contributed by atoms with E-state index in [-0.39, 0.29) is 51.4 Å². The van der Waals surface area contributed by atoms with Gasteiger partial charge in [0.25, 0.3) is 6.71 Å². The first-order chi connectivity index (χ1) is 52.7. The lowest BCUT2D eigenvalue weighted by atomic mass is 9.33. The summed E-state index contributed by atoms with van der Waals surface area (Å²) in [6, 6.07) is 94.1. The molecule has 0 fully saturated rings. The number of aromatic nitrogens is 3. The third-order valence-corrected chi connectivity index (χ3v) is 23.2. The maximum absolute atomic E-state index is 9.86. The van der Waals surface area contributed by atoms with Gasteiger partial charge in [-0.3, -0.25) is 0 Å². The molecule has 4 nitrogen and oxygen atoms in total. The van der Waals surface area contributed by atoms with Crippen molar-refractivity contribution in [3.05, 3.63) is 307 Å². The molecule has 0 saturated heterocycles. The highest BCUT2D eigenvalue weighted by Gasteiger charge is 2.45. The first kappa shape index (κ1) is 57.8. The lowest BCUT2D eigenvalue weighted by molar-refractivity contribution is 0.569. The van der Waals surface area contributed by atoms with Crippen molar-refractivity contribution in [3.63, 3.8) is 0 Å². The number of para-hydroxylation sites is 2. The Kier molecular flexibility index (Phi) is 12.3. The fraction of sp³-hybridized carbons (Fsp3) is 0.160. The first-order valence-electron chi connectivity index (χ1n) is 39.7. The highest BCUT2D eigenvalue weighted by Crippen LogP contribution is 2.52. The number of fused-ring (bicyclic) bond motifs is 21. The van der Waals surface area contributed by atoms with Crippen LogP contribution in [0.4, 0.5) is 17.1 Å². The number of hydrogen-bond donors (Lipinski definition) is 0. The molecule has 5 heteroatoms. The van der Waals surface area contributed by atoms with Gasteiger partial charge in [0.1, 0.15) is 0 Å². The van der Waals surface area contributed by atoms with Crippen molar-refractivity contribution in [2.24, 2.45) is 0 Å². The number of rotatable bonds is 5. The van der Waals surface area contributed by atoms with Crippen LogP contribution in [-0.2, 0) is 21.7 Å². The molecular formula is C100H83BN4. The molecule has 14 aromatic carbocycles. The summed E-state index contributed by atoms with van der Waals surface area (Å²) in [5.74, 6) is 0. The Labute approximate surface area is 621 Å². The van der Waals surface area contributed by atoms with Gasteiger partial charge in [-0.1, -0.05) is 289 Å². The molecule has 0 radical (unpaired) electrons. The second kappa shape index (κ2) is 22.4. The summed E-state index contributed by atoms with van der Waals surface area (Å²) >= 11 is 0.